The average Bonchev–Trinajstić information content (AvgIpc) is 2.99. The Kier molecular flexibility index (Phi) is 3.37. The zero-order chi connectivity index (χ0) is 13.5. The lowest BCUT2D eigenvalue weighted by molar-refractivity contribution is 0.0833. The van der Waals surface area contributed by atoms with Gasteiger partial charge in [0.05, 0.1) is 23.7 Å². The zero-order valence-corrected chi connectivity index (χ0v) is 11.7. The minimum atomic E-state index is -3.64. The second-order valence-electron chi connectivity index (χ2n) is 5.42. The zero-order valence-electron chi connectivity index (χ0n) is 10.9. The van der Waals surface area contributed by atoms with Gasteiger partial charge in [0.1, 0.15) is 0 Å². The van der Waals surface area contributed by atoms with Crippen LogP contribution in [0.25, 0.3) is 0 Å². The van der Waals surface area contributed by atoms with Crippen LogP contribution in [0.1, 0.15) is 24.8 Å². The normalized spacial score (nSPS) is 29.8. The molecule has 2 aliphatic heterocycles. The van der Waals surface area contributed by atoms with E-state index in [2.05, 4.69) is 0 Å². The van der Waals surface area contributed by atoms with Gasteiger partial charge in [-0.05, 0) is 38.3 Å². The molecule has 1 aromatic rings. The van der Waals surface area contributed by atoms with Gasteiger partial charge in [-0.15, -0.1) is 0 Å². The number of ether oxygens (including phenoxy) is 1. The van der Waals surface area contributed by atoms with Crippen molar-refractivity contribution >= 4 is 10.1 Å². The van der Waals surface area contributed by atoms with E-state index in [4.69, 9.17) is 8.92 Å². The van der Waals surface area contributed by atoms with Crippen molar-refractivity contribution in [1.29, 1.82) is 0 Å². The lowest BCUT2D eigenvalue weighted by Crippen LogP contribution is -2.23. The van der Waals surface area contributed by atoms with E-state index in [1.807, 2.05) is 6.92 Å². The summed E-state index contributed by atoms with van der Waals surface area (Å²) < 4.78 is 35.0. The van der Waals surface area contributed by atoms with Crippen molar-refractivity contribution < 1.29 is 17.3 Å². The Hall–Kier alpha value is -0.910. The van der Waals surface area contributed by atoms with Crippen molar-refractivity contribution in [3.63, 3.8) is 0 Å². The highest BCUT2D eigenvalue weighted by atomic mass is 32.2. The summed E-state index contributed by atoms with van der Waals surface area (Å²) in [7, 11) is -3.64. The predicted octanol–water partition coefficient (Wildman–Crippen LogP) is 2.27. The Labute approximate surface area is 113 Å². The van der Waals surface area contributed by atoms with E-state index in [9.17, 15) is 8.42 Å². The fourth-order valence-corrected chi connectivity index (χ4v) is 3.83. The molecule has 5 heteroatoms. The summed E-state index contributed by atoms with van der Waals surface area (Å²) in [4.78, 5) is 0.224. The summed E-state index contributed by atoms with van der Waals surface area (Å²) in [6.07, 6.45) is 3.57. The molecule has 104 valence electrons. The molecular weight excluding hydrogens is 264 g/mol. The highest BCUT2D eigenvalue weighted by molar-refractivity contribution is 7.86. The van der Waals surface area contributed by atoms with Crippen LogP contribution in [0.2, 0.25) is 0 Å². The Morgan fingerprint density at radius 3 is 2.58 bits per heavy atom. The van der Waals surface area contributed by atoms with Crippen molar-refractivity contribution in [3.8, 4) is 0 Å². The summed E-state index contributed by atoms with van der Waals surface area (Å²) >= 11 is 0. The third kappa shape index (κ3) is 2.68. The van der Waals surface area contributed by atoms with Crippen molar-refractivity contribution in [2.24, 2.45) is 5.92 Å². The van der Waals surface area contributed by atoms with Crippen LogP contribution < -0.4 is 0 Å². The van der Waals surface area contributed by atoms with Gasteiger partial charge in [0, 0.05) is 5.92 Å². The largest absolute Gasteiger partial charge is 0.375 e. The lowest BCUT2D eigenvalue weighted by atomic mass is 9.90. The second-order valence-corrected chi connectivity index (χ2v) is 7.04. The molecule has 2 saturated heterocycles. The Balaban J connectivity index is 1.64. The monoisotopic (exact) mass is 282 g/mol. The summed E-state index contributed by atoms with van der Waals surface area (Å²) in [5.41, 5.74) is 1.03. The molecule has 2 fully saturated rings. The van der Waals surface area contributed by atoms with Crippen molar-refractivity contribution in [1.82, 2.24) is 0 Å². The van der Waals surface area contributed by atoms with Crippen LogP contribution in [0, 0.1) is 12.8 Å². The van der Waals surface area contributed by atoms with Crippen LogP contribution >= 0.6 is 0 Å². The number of benzene rings is 1. The van der Waals surface area contributed by atoms with E-state index in [1.54, 1.807) is 24.3 Å². The maximum Gasteiger partial charge on any atom is 0.296 e. The molecule has 19 heavy (non-hydrogen) atoms. The predicted molar refractivity (Wildman–Crippen MR) is 70.3 cm³/mol. The molecule has 2 aliphatic rings. The van der Waals surface area contributed by atoms with Crippen LogP contribution in [0.15, 0.2) is 29.2 Å². The second kappa shape index (κ2) is 4.89. The molecular formula is C14H18O4S. The molecule has 0 saturated carbocycles. The average molecular weight is 282 g/mol. The molecule has 0 radical (unpaired) electrons. The van der Waals surface area contributed by atoms with Crippen molar-refractivity contribution in [3.05, 3.63) is 29.8 Å². The molecule has 3 atom stereocenters. The summed E-state index contributed by atoms with van der Waals surface area (Å²) in [6.45, 7) is 2.15. The molecule has 0 aromatic heterocycles. The molecule has 0 N–H and O–H groups in total. The summed E-state index contributed by atoms with van der Waals surface area (Å²) in [6, 6.07) is 6.72. The number of fused-ring (bicyclic) bond motifs is 2. The highest BCUT2D eigenvalue weighted by Gasteiger charge is 2.41. The SMILES string of the molecule is Cc1ccc(S(=O)(=O)OCC2CC3CCC2O3)cc1. The van der Waals surface area contributed by atoms with Crippen LogP contribution in [-0.4, -0.2) is 27.2 Å². The minimum Gasteiger partial charge on any atom is -0.375 e. The van der Waals surface area contributed by atoms with Gasteiger partial charge in [0.2, 0.25) is 0 Å². The molecule has 0 aliphatic carbocycles. The van der Waals surface area contributed by atoms with E-state index in [0.29, 0.717) is 6.10 Å². The fourth-order valence-electron chi connectivity index (χ4n) is 2.87. The highest BCUT2D eigenvalue weighted by Crippen LogP contribution is 2.39. The lowest BCUT2D eigenvalue weighted by Gasteiger charge is -2.18. The summed E-state index contributed by atoms with van der Waals surface area (Å²) in [5.74, 6) is 0.221. The molecule has 0 spiro atoms. The van der Waals surface area contributed by atoms with Crippen molar-refractivity contribution in [2.75, 3.05) is 6.61 Å². The Bertz CT molecular complexity index is 549. The van der Waals surface area contributed by atoms with Gasteiger partial charge in [-0.25, -0.2) is 0 Å². The first kappa shape index (κ1) is 13.1. The Morgan fingerprint density at radius 1 is 1.26 bits per heavy atom. The first-order valence-corrected chi connectivity index (χ1v) is 8.07. The fraction of sp³-hybridized carbons (Fsp3) is 0.571. The topological polar surface area (TPSA) is 52.6 Å². The molecule has 3 rings (SSSR count). The third-order valence-electron chi connectivity index (χ3n) is 3.98. The van der Waals surface area contributed by atoms with Gasteiger partial charge >= 0.3 is 0 Å². The maximum absolute atomic E-state index is 12.0. The molecule has 3 unspecified atom stereocenters. The number of rotatable bonds is 4. The molecule has 1 aromatic carbocycles. The third-order valence-corrected chi connectivity index (χ3v) is 5.27. The van der Waals surface area contributed by atoms with E-state index in [1.165, 1.54) is 0 Å². The maximum atomic E-state index is 12.0. The number of aryl methyl sites for hydroxylation is 1. The van der Waals surface area contributed by atoms with E-state index in [0.717, 1.165) is 24.8 Å². The first-order chi connectivity index (χ1) is 9.04. The summed E-state index contributed by atoms with van der Waals surface area (Å²) in [5, 5.41) is 0. The van der Waals surface area contributed by atoms with Crippen LogP contribution in [-0.2, 0) is 19.0 Å². The van der Waals surface area contributed by atoms with Crippen LogP contribution in [0.4, 0.5) is 0 Å². The molecule has 2 heterocycles. The van der Waals surface area contributed by atoms with E-state index >= 15 is 0 Å². The van der Waals surface area contributed by atoms with Gasteiger partial charge in [0.15, 0.2) is 0 Å². The van der Waals surface area contributed by atoms with Gasteiger partial charge in [-0.1, -0.05) is 17.7 Å². The van der Waals surface area contributed by atoms with Gasteiger partial charge in [0.25, 0.3) is 10.1 Å². The standard InChI is InChI=1S/C14H18O4S/c1-10-2-5-13(6-3-10)19(15,16)17-9-11-8-12-4-7-14(11)18-12/h2-3,5-6,11-12,14H,4,7-9H2,1H3. The number of hydrogen-bond acceptors (Lipinski definition) is 4. The van der Waals surface area contributed by atoms with Crippen LogP contribution in [0.5, 0.6) is 0 Å². The van der Waals surface area contributed by atoms with E-state index < -0.39 is 10.1 Å². The van der Waals surface area contributed by atoms with Gasteiger partial charge < -0.3 is 4.74 Å². The smallest absolute Gasteiger partial charge is 0.296 e. The first-order valence-electron chi connectivity index (χ1n) is 6.66. The van der Waals surface area contributed by atoms with Crippen LogP contribution in [0.3, 0.4) is 0 Å². The minimum absolute atomic E-state index is 0.193. The molecule has 4 nitrogen and oxygen atoms in total. The quantitative estimate of drug-likeness (QED) is 0.795. The van der Waals surface area contributed by atoms with E-state index in [-0.39, 0.29) is 23.5 Å². The molecule has 2 bridgehead atoms. The van der Waals surface area contributed by atoms with Gasteiger partial charge in [-0.2, -0.15) is 8.42 Å². The van der Waals surface area contributed by atoms with Gasteiger partial charge in [-0.3, -0.25) is 4.18 Å². The van der Waals surface area contributed by atoms with Crippen molar-refractivity contribution in [2.45, 2.75) is 43.3 Å². The molecule has 0 amide bonds. The Morgan fingerprint density at radius 2 is 2.00 bits per heavy atom. The number of hydrogen-bond donors (Lipinski definition) is 0.